The van der Waals surface area contributed by atoms with Crippen molar-refractivity contribution in [3.05, 3.63) is 17.3 Å². The van der Waals surface area contributed by atoms with Gasteiger partial charge in [0.1, 0.15) is 12.1 Å². The van der Waals surface area contributed by atoms with Crippen LogP contribution in [0.15, 0.2) is 11.7 Å². The summed E-state index contributed by atoms with van der Waals surface area (Å²) in [6.07, 6.45) is 5.79. The van der Waals surface area contributed by atoms with Crippen molar-refractivity contribution in [3.63, 3.8) is 0 Å². The molecule has 1 saturated carbocycles. The van der Waals surface area contributed by atoms with Gasteiger partial charge in [-0.2, -0.15) is 0 Å². The monoisotopic (exact) mass is 316 g/mol. The lowest BCUT2D eigenvalue weighted by Gasteiger charge is -2.32. The number of hydrogen-bond acceptors (Lipinski definition) is 5. The summed E-state index contributed by atoms with van der Waals surface area (Å²) in [6, 6.07) is 0.459. The first-order valence-electron chi connectivity index (χ1n) is 7.96. The maximum absolute atomic E-state index is 12.2. The molecule has 116 valence electrons. The number of piperidine rings is 1. The topological polar surface area (TPSA) is 58.1 Å². The molecule has 0 atom stereocenters. The number of rotatable bonds is 3. The summed E-state index contributed by atoms with van der Waals surface area (Å²) in [4.78, 5) is 23.3. The number of aromatic nitrogens is 2. The van der Waals surface area contributed by atoms with E-state index >= 15 is 0 Å². The molecular formula is C16H20N4OS. The zero-order chi connectivity index (χ0) is 15.1. The Bertz CT molecular complexity index is 701. The van der Waals surface area contributed by atoms with Gasteiger partial charge >= 0.3 is 0 Å². The van der Waals surface area contributed by atoms with Crippen molar-refractivity contribution in [2.45, 2.75) is 38.6 Å². The maximum Gasteiger partial charge on any atom is 0.223 e. The van der Waals surface area contributed by atoms with Gasteiger partial charge in [-0.05, 0) is 43.6 Å². The standard InChI is InChI=1S/C16H20N4OS/c1-10-8-22-14-13(10)17-9-18-15(14)20-6-4-11(5-7-20)16(21)19-12-2-3-12/h8-9,11-12H,2-7H2,1H3,(H,19,21). The molecule has 5 nitrogen and oxygen atoms in total. The van der Waals surface area contributed by atoms with E-state index in [1.807, 2.05) is 0 Å². The van der Waals surface area contributed by atoms with E-state index in [0.717, 1.165) is 50.1 Å². The van der Waals surface area contributed by atoms with Crippen molar-refractivity contribution in [1.82, 2.24) is 15.3 Å². The van der Waals surface area contributed by atoms with Crippen LogP contribution in [-0.4, -0.2) is 35.0 Å². The number of aryl methyl sites for hydroxylation is 1. The highest BCUT2D eigenvalue weighted by molar-refractivity contribution is 7.18. The molecule has 0 unspecified atom stereocenters. The van der Waals surface area contributed by atoms with Crippen LogP contribution in [0.3, 0.4) is 0 Å². The maximum atomic E-state index is 12.2. The molecule has 2 aromatic rings. The van der Waals surface area contributed by atoms with Crippen LogP contribution in [0.4, 0.5) is 5.82 Å². The van der Waals surface area contributed by atoms with Gasteiger partial charge in [-0.15, -0.1) is 11.3 Å². The van der Waals surface area contributed by atoms with Gasteiger partial charge in [-0.3, -0.25) is 4.79 Å². The van der Waals surface area contributed by atoms with Gasteiger partial charge in [0.2, 0.25) is 5.91 Å². The van der Waals surface area contributed by atoms with Crippen molar-refractivity contribution in [2.75, 3.05) is 18.0 Å². The zero-order valence-electron chi connectivity index (χ0n) is 12.7. The number of carbonyl (C=O) groups excluding carboxylic acids is 1. The molecule has 4 rings (SSSR count). The molecule has 0 aromatic carbocycles. The van der Waals surface area contributed by atoms with Gasteiger partial charge in [-0.1, -0.05) is 0 Å². The third kappa shape index (κ3) is 2.56. The van der Waals surface area contributed by atoms with Gasteiger partial charge in [0.15, 0.2) is 0 Å². The number of amides is 1. The Morgan fingerprint density at radius 1 is 1.27 bits per heavy atom. The van der Waals surface area contributed by atoms with Crippen LogP contribution >= 0.6 is 11.3 Å². The van der Waals surface area contributed by atoms with Crippen LogP contribution in [0, 0.1) is 12.8 Å². The Kier molecular flexibility index (Phi) is 3.48. The fourth-order valence-electron chi connectivity index (χ4n) is 3.08. The highest BCUT2D eigenvalue weighted by atomic mass is 32.1. The first-order valence-corrected chi connectivity index (χ1v) is 8.84. The van der Waals surface area contributed by atoms with Crippen LogP contribution < -0.4 is 10.2 Å². The number of thiophene rings is 1. The summed E-state index contributed by atoms with van der Waals surface area (Å²) in [6.45, 7) is 3.88. The summed E-state index contributed by atoms with van der Waals surface area (Å²) in [7, 11) is 0. The minimum absolute atomic E-state index is 0.166. The van der Waals surface area contributed by atoms with E-state index in [2.05, 4.69) is 32.5 Å². The van der Waals surface area contributed by atoms with Gasteiger partial charge in [-0.25, -0.2) is 9.97 Å². The zero-order valence-corrected chi connectivity index (χ0v) is 13.5. The van der Waals surface area contributed by atoms with Gasteiger partial charge in [0.25, 0.3) is 0 Å². The van der Waals surface area contributed by atoms with Crippen LogP contribution in [0.25, 0.3) is 10.2 Å². The predicted octanol–water partition coefficient (Wildman–Crippen LogP) is 2.49. The molecule has 2 aliphatic rings. The molecule has 2 fully saturated rings. The molecule has 0 spiro atoms. The quantitative estimate of drug-likeness (QED) is 0.945. The Morgan fingerprint density at radius 3 is 2.77 bits per heavy atom. The molecule has 1 N–H and O–H groups in total. The van der Waals surface area contributed by atoms with E-state index in [0.29, 0.717) is 6.04 Å². The number of hydrogen-bond donors (Lipinski definition) is 1. The van der Waals surface area contributed by atoms with Gasteiger partial charge in [0.05, 0.1) is 10.2 Å². The van der Waals surface area contributed by atoms with Crippen molar-refractivity contribution < 1.29 is 4.79 Å². The fraction of sp³-hybridized carbons (Fsp3) is 0.562. The molecule has 1 amide bonds. The lowest BCUT2D eigenvalue weighted by molar-refractivity contribution is -0.125. The Hall–Kier alpha value is -1.69. The Labute approximate surface area is 133 Å². The smallest absolute Gasteiger partial charge is 0.223 e. The summed E-state index contributed by atoms with van der Waals surface area (Å²) in [5.41, 5.74) is 2.27. The van der Waals surface area contributed by atoms with Crippen molar-refractivity contribution in [2.24, 2.45) is 5.92 Å². The number of fused-ring (bicyclic) bond motifs is 1. The van der Waals surface area contributed by atoms with Crippen molar-refractivity contribution in [1.29, 1.82) is 0 Å². The minimum atomic E-state index is 0.166. The van der Waals surface area contributed by atoms with Crippen LogP contribution in [0.1, 0.15) is 31.2 Å². The van der Waals surface area contributed by atoms with Crippen LogP contribution in [0.5, 0.6) is 0 Å². The highest BCUT2D eigenvalue weighted by Crippen LogP contribution is 2.33. The minimum Gasteiger partial charge on any atom is -0.355 e. The van der Waals surface area contributed by atoms with E-state index in [1.54, 1.807) is 17.7 Å². The molecule has 1 aliphatic heterocycles. The van der Waals surface area contributed by atoms with Crippen LogP contribution in [0.2, 0.25) is 0 Å². The van der Waals surface area contributed by atoms with Crippen LogP contribution in [-0.2, 0) is 4.79 Å². The second-order valence-electron chi connectivity index (χ2n) is 6.34. The van der Waals surface area contributed by atoms with E-state index in [4.69, 9.17) is 0 Å². The third-order valence-corrected chi connectivity index (χ3v) is 5.68. The first kappa shape index (κ1) is 13.9. The molecule has 2 aromatic heterocycles. The molecule has 22 heavy (non-hydrogen) atoms. The second kappa shape index (κ2) is 5.50. The normalized spacial score (nSPS) is 19.6. The Morgan fingerprint density at radius 2 is 2.05 bits per heavy atom. The first-order chi connectivity index (χ1) is 10.7. The van der Waals surface area contributed by atoms with E-state index in [-0.39, 0.29) is 11.8 Å². The number of carbonyl (C=O) groups is 1. The fourth-order valence-corrected chi connectivity index (χ4v) is 4.10. The highest BCUT2D eigenvalue weighted by Gasteiger charge is 2.30. The molecular weight excluding hydrogens is 296 g/mol. The summed E-state index contributed by atoms with van der Waals surface area (Å²) in [5.74, 6) is 1.45. The SMILES string of the molecule is Cc1csc2c(N3CCC(C(=O)NC4CC4)CC3)ncnc12. The summed E-state index contributed by atoms with van der Waals surface area (Å²) in [5, 5.41) is 5.27. The lowest BCUT2D eigenvalue weighted by Crippen LogP contribution is -2.41. The third-order valence-electron chi connectivity index (χ3n) is 4.60. The average Bonchev–Trinajstić information content (AvgIpc) is 3.28. The Balaban J connectivity index is 1.47. The van der Waals surface area contributed by atoms with E-state index in [9.17, 15) is 4.79 Å². The molecule has 1 aliphatic carbocycles. The van der Waals surface area contributed by atoms with Gasteiger partial charge in [0, 0.05) is 25.0 Å². The largest absolute Gasteiger partial charge is 0.355 e. The average molecular weight is 316 g/mol. The van der Waals surface area contributed by atoms with E-state index < -0.39 is 0 Å². The molecule has 1 saturated heterocycles. The second-order valence-corrected chi connectivity index (χ2v) is 7.22. The van der Waals surface area contributed by atoms with E-state index in [1.165, 1.54) is 10.3 Å². The predicted molar refractivity (Wildman–Crippen MR) is 88.3 cm³/mol. The summed E-state index contributed by atoms with van der Waals surface area (Å²) < 4.78 is 1.17. The molecule has 3 heterocycles. The number of nitrogens with one attached hydrogen (secondary N) is 1. The number of anilines is 1. The molecule has 0 radical (unpaired) electrons. The lowest BCUT2D eigenvalue weighted by atomic mass is 9.96. The molecule has 6 heteroatoms. The van der Waals surface area contributed by atoms with Crippen molar-refractivity contribution >= 4 is 33.3 Å². The summed E-state index contributed by atoms with van der Waals surface area (Å²) >= 11 is 1.71. The van der Waals surface area contributed by atoms with Gasteiger partial charge < -0.3 is 10.2 Å². The molecule has 0 bridgehead atoms. The van der Waals surface area contributed by atoms with Crippen molar-refractivity contribution in [3.8, 4) is 0 Å². The number of nitrogens with zero attached hydrogens (tertiary/aromatic N) is 3.